The second kappa shape index (κ2) is 9.16. The lowest BCUT2D eigenvalue weighted by Gasteiger charge is -2.35. The summed E-state index contributed by atoms with van der Waals surface area (Å²) in [4.78, 5) is 20.6. The fraction of sp³-hybridized carbons (Fsp3) is 0.368. The predicted molar refractivity (Wildman–Crippen MR) is 98.2 cm³/mol. The molecular formula is C19H22F2N4O2. The van der Waals surface area contributed by atoms with Crippen LogP contribution in [0.4, 0.5) is 19.4 Å². The second-order valence-corrected chi connectivity index (χ2v) is 6.17. The normalized spacial score (nSPS) is 14.3. The second-order valence-electron chi connectivity index (χ2n) is 6.17. The maximum atomic E-state index is 12.3. The standard InChI is InChI=1S/C19H22F2N4O2/c20-18(21)27-16-6-4-15(5-7-16)8-10-23-19(26)25-13-11-24(12-14-25)17-3-1-2-9-22-17/h1-7,9,18H,8,10-14H2,(H,23,26). The van der Waals surface area contributed by atoms with Crippen molar-refractivity contribution in [2.75, 3.05) is 37.6 Å². The molecule has 8 heteroatoms. The minimum atomic E-state index is -2.83. The van der Waals surface area contributed by atoms with Crippen molar-refractivity contribution in [1.29, 1.82) is 0 Å². The third-order valence-electron chi connectivity index (χ3n) is 4.38. The summed E-state index contributed by atoms with van der Waals surface area (Å²) >= 11 is 0. The van der Waals surface area contributed by atoms with E-state index in [4.69, 9.17) is 0 Å². The van der Waals surface area contributed by atoms with Crippen LogP contribution in [0.25, 0.3) is 0 Å². The first-order valence-electron chi connectivity index (χ1n) is 8.84. The summed E-state index contributed by atoms with van der Waals surface area (Å²) in [5.41, 5.74) is 0.942. The first-order chi connectivity index (χ1) is 13.1. The number of ether oxygens (including phenoxy) is 1. The Balaban J connectivity index is 1.39. The van der Waals surface area contributed by atoms with E-state index in [1.54, 1.807) is 23.2 Å². The molecule has 27 heavy (non-hydrogen) atoms. The van der Waals surface area contributed by atoms with Crippen molar-refractivity contribution < 1.29 is 18.3 Å². The molecule has 1 aromatic heterocycles. The monoisotopic (exact) mass is 376 g/mol. The fourth-order valence-electron chi connectivity index (χ4n) is 2.94. The highest BCUT2D eigenvalue weighted by atomic mass is 19.3. The number of benzene rings is 1. The molecule has 0 radical (unpaired) electrons. The van der Waals surface area contributed by atoms with Gasteiger partial charge in [-0.3, -0.25) is 0 Å². The maximum absolute atomic E-state index is 12.3. The van der Waals surface area contributed by atoms with Gasteiger partial charge in [0.25, 0.3) is 0 Å². The summed E-state index contributed by atoms with van der Waals surface area (Å²) in [5.74, 6) is 1.06. The number of urea groups is 1. The maximum Gasteiger partial charge on any atom is 0.387 e. The number of rotatable bonds is 6. The lowest BCUT2D eigenvalue weighted by Crippen LogP contribution is -2.52. The lowest BCUT2D eigenvalue weighted by molar-refractivity contribution is -0.0498. The van der Waals surface area contributed by atoms with Crippen molar-refractivity contribution in [3.05, 3.63) is 54.2 Å². The number of carbonyl (C=O) groups excluding carboxylic acids is 1. The molecule has 3 rings (SSSR count). The quantitative estimate of drug-likeness (QED) is 0.842. The third-order valence-corrected chi connectivity index (χ3v) is 4.38. The number of nitrogens with zero attached hydrogens (tertiary/aromatic N) is 3. The van der Waals surface area contributed by atoms with E-state index in [1.165, 1.54) is 12.1 Å². The molecule has 0 bridgehead atoms. The van der Waals surface area contributed by atoms with Crippen molar-refractivity contribution in [1.82, 2.24) is 15.2 Å². The number of aromatic nitrogens is 1. The number of nitrogens with one attached hydrogen (secondary N) is 1. The Labute approximate surface area is 156 Å². The molecule has 2 heterocycles. The largest absolute Gasteiger partial charge is 0.435 e. The van der Waals surface area contributed by atoms with Crippen LogP contribution in [-0.4, -0.2) is 55.3 Å². The Bertz CT molecular complexity index is 720. The molecule has 6 nitrogen and oxygen atoms in total. The zero-order chi connectivity index (χ0) is 19.1. The Morgan fingerprint density at radius 3 is 2.48 bits per heavy atom. The predicted octanol–water partition coefficient (Wildman–Crippen LogP) is 2.76. The van der Waals surface area contributed by atoms with E-state index in [1.807, 2.05) is 18.2 Å². The van der Waals surface area contributed by atoms with Crippen LogP contribution in [-0.2, 0) is 6.42 Å². The number of pyridine rings is 1. The summed E-state index contributed by atoms with van der Waals surface area (Å²) in [5, 5.41) is 2.90. The van der Waals surface area contributed by atoms with Crippen molar-refractivity contribution >= 4 is 11.8 Å². The molecular weight excluding hydrogens is 354 g/mol. The van der Waals surface area contributed by atoms with Crippen molar-refractivity contribution in [3.8, 4) is 5.75 Å². The molecule has 1 aliphatic rings. The van der Waals surface area contributed by atoms with E-state index in [0.29, 0.717) is 26.1 Å². The number of carbonyl (C=O) groups is 1. The lowest BCUT2D eigenvalue weighted by atomic mass is 10.1. The van der Waals surface area contributed by atoms with Gasteiger partial charge in [-0.15, -0.1) is 0 Å². The van der Waals surface area contributed by atoms with Crippen LogP contribution in [0.2, 0.25) is 0 Å². The number of hydrogen-bond acceptors (Lipinski definition) is 4. The fourth-order valence-corrected chi connectivity index (χ4v) is 2.94. The number of alkyl halides is 2. The summed E-state index contributed by atoms with van der Waals surface area (Å²) in [7, 11) is 0. The molecule has 0 unspecified atom stereocenters. The molecule has 1 aliphatic heterocycles. The average Bonchev–Trinajstić information content (AvgIpc) is 2.69. The zero-order valence-electron chi connectivity index (χ0n) is 14.9. The molecule has 0 saturated carbocycles. The van der Waals surface area contributed by atoms with Crippen molar-refractivity contribution in [2.45, 2.75) is 13.0 Å². The number of amides is 2. The summed E-state index contributed by atoms with van der Waals surface area (Å²) in [6, 6.07) is 12.1. The average molecular weight is 376 g/mol. The third kappa shape index (κ3) is 5.54. The van der Waals surface area contributed by atoms with Gasteiger partial charge in [-0.2, -0.15) is 8.78 Å². The van der Waals surface area contributed by atoms with Gasteiger partial charge in [0, 0.05) is 38.9 Å². The van der Waals surface area contributed by atoms with Gasteiger partial charge in [0.05, 0.1) is 0 Å². The SMILES string of the molecule is O=C(NCCc1ccc(OC(F)F)cc1)N1CCN(c2ccccn2)CC1. The molecule has 0 aliphatic carbocycles. The van der Waals surface area contributed by atoms with Crippen LogP contribution >= 0.6 is 0 Å². The molecule has 0 spiro atoms. The number of hydrogen-bond donors (Lipinski definition) is 1. The van der Waals surface area contributed by atoms with Gasteiger partial charge >= 0.3 is 12.6 Å². The van der Waals surface area contributed by atoms with Gasteiger partial charge in [0.2, 0.25) is 0 Å². The van der Waals surface area contributed by atoms with E-state index in [0.717, 1.165) is 24.5 Å². The zero-order valence-corrected chi connectivity index (χ0v) is 14.9. The van der Waals surface area contributed by atoms with Crippen LogP contribution in [0.15, 0.2) is 48.7 Å². The Morgan fingerprint density at radius 2 is 1.85 bits per heavy atom. The molecule has 1 saturated heterocycles. The van der Waals surface area contributed by atoms with Crippen LogP contribution in [0.5, 0.6) is 5.75 Å². The van der Waals surface area contributed by atoms with Crippen LogP contribution < -0.4 is 15.0 Å². The van der Waals surface area contributed by atoms with Crippen LogP contribution in [0, 0.1) is 0 Å². The highest BCUT2D eigenvalue weighted by Crippen LogP contribution is 2.15. The molecule has 2 aromatic rings. The highest BCUT2D eigenvalue weighted by Gasteiger charge is 2.21. The number of halogens is 2. The Hall–Kier alpha value is -2.90. The number of piperazine rings is 1. The molecule has 1 fully saturated rings. The summed E-state index contributed by atoms with van der Waals surface area (Å²) < 4.78 is 28.6. The van der Waals surface area contributed by atoms with Gasteiger partial charge in [-0.05, 0) is 36.2 Å². The Kier molecular flexibility index (Phi) is 6.40. The highest BCUT2D eigenvalue weighted by molar-refractivity contribution is 5.74. The van der Waals surface area contributed by atoms with E-state index in [9.17, 15) is 13.6 Å². The van der Waals surface area contributed by atoms with Gasteiger partial charge in [0.1, 0.15) is 11.6 Å². The van der Waals surface area contributed by atoms with Gasteiger partial charge in [0.15, 0.2) is 0 Å². The van der Waals surface area contributed by atoms with Crippen molar-refractivity contribution in [2.24, 2.45) is 0 Å². The molecule has 2 amide bonds. The molecule has 0 atom stereocenters. The first kappa shape index (κ1) is 18.9. The van der Waals surface area contributed by atoms with Crippen molar-refractivity contribution in [3.63, 3.8) is 0 Å². The summed E-state index contributed by atoms with van der Waals surface area (Å²) in [6.45, 7) is 0.429. The minimum Gasteiger partial charge on any atom is -0.435 e. The van der Waals surface area contributed by atoms with E-state index in [-0.39, 0.29) is 11.8 Å². The number of anilines is 1. The van der Waals surface area contributed by atoms with Crippen LogP contribution in [0.3, 0.4) is 0 Å². The van der Waals surface area contributed by atoms with Gasteiger partial charge in [-0.1, -0.05) is 18.2 Å². The minimum absolute atomic E-state index is 0.0895. The molecule has 1 N–H and O–H groups in total. The smallest absolute Gasteiger partial charge is 0.387 e. The molecule has 144 valence electrons. The van der Waals surface area contributed by atoms with E-state index < -0.39 is 6.61 Å². The Morgan fingerprint density at radius 1 is 1.11 bits per heavy atom. The van der Waals surface area contributed by atoms with E-state index >= 15 is 0 Å². The van der Waals surface area contributed by atoms with E-state index in [2.05, 4.69) is 19.9 Å². The van der Waals surface area contributed by atoms with Gasteiger partial charge in [-0.25, -0.2) is 9.78 Å². The topological polar surface area (TPSA) is 57.7 Å². The molecule has 1 aromatic carbocycles. The van der Waals surface area contributed by atoms with Gasteiger partial charge < -0.3 is 19.9 Å². The van der Waals surface area contributed by atoms with Crippen LogP contribution in [0.1, 0.15) is 5.56 Å². The summed E-state index contributed by atoms with van der Waals surface area (Å²) in [6.07, 6.45) is 2.38. The first-order valence-corrected chi connectivity index (χ1v) is 8.84.